The number of rotatable bonds is 12. The van der Waals surface area contributed by atoms with Crippen molar-refractivity contribution in [3.8, 4) is 0 Å². The van der Waals surface area contributed by atoms with Crippen molar-refractivity contribution in [3.63, 3.8) is 0 Å². The van der Waals surface area contributed by atoms with E-state index in [1.165, 1.54) is 44.9 Å². The van der Waals surface area contributed by atoms with Crippen molar-refractivity contribution in [2.75, 3.05) is 13.2 Å². The van der Waals surface area contributed by atoms with Crippen LogP contribution in [-0.2, 0) is 0 Å². The summed E-state index contributed by atoms with van der Waals surface area (Å²) in [4.78, 5) is 0. The van der Waals surface area contributed by atoms with E-state index in [0.717, 1.165) is 19.3 Å². The van der Waals surface area contributed by atoms with Crippen LogP contribution in [0.15, 0.2) is 0 Å². The van der Waals surface area contributed by atoms with E-state index >= 15 is 0 Å². The zero-order valence-electron chi connectivity index (χ0n) is 11.5. The molecule has 0 aromatic heterocycles. The lowest BCUT2D eigenvalue weighted by atomic mass is 9.94. The molecule has 4 N–H and O–H groups in total. The Morgan fingerprint density at radius 3 is 1.59 bits per heavy atom. The highest BCUT2D eigenvalue weighted by Gasteiger charge is 2.21. The van der Waals surface area contributed by atoms with Crippen LogP contribution in [0, 0.1) is 0 Å². The first-order valence-corrected chi connectivity index (χ1v) is 7.19. The van der Waals surface area contributed by atoms with E-state index in [1.807, 2.05) is 0 Å². The van der Waals surface area contributed by atoms with Gasteiger partial charge in [0.1, 0.15) is 0 Å². The minimum absolute atomic E-state index is 0.124. The quantitative estimate of drug-likeness (QED) is 0.463. The fourth-order valence-electron chi connectivity index (χ4n) is 2.00. The summed E-state index contributed by atoms with van der Waals surface area (Å²) in [6, 6.07) is 0. The zero-order valence-corrected chi connectivity index (χ0v) is 11.5. The molecule has 0 rings (SSSR count). The van der Waals surface area contributed by atoms with E-state index in [2.05, 4.69) is 6.92 Å². The lowest BCUT2D eigenvalue weighted by Gasteiger charge is -2.24. The van der Waals surface area contributed by atoms with E-state index < -0.39 is 5.54 Å². The normalized spacial score (nSPS) is 12.0. The van der Waals surface area contributed by atoms with Crippen molar-refractivity contribution < 1.29 is 10.2 Å². The van der Waals surface area contributed by atoms with Crippen LogP contribution in [-0.4, -0.2) is 29.0 Å². The molecule has 0 fully saturated rings. The predicted molar refractivity (Wildman–Crippen MR) is 72.9 cm³/mol. The molecule has 0 atom stereocenters. The minimum Gasteiger partial charge on any atom is -0.394 e. The maximum atomic E-state index is 9.02. The molecule has 0 amide bonds. The molecule has 3 nitrogen and oxygen atoms in total. The Kier molecular flexibility index (Phi) is 10.9. The van der Waals surface area contributed by atoms with Gasteiger partial charge in [-0.3, -0.25) is 0 Å². The van der Waals surface area contributed by atoms with Gasteiger partial charge < -0.3 is 15.9 Å². The Hall–Kier alpha value is -0.120. The van der Waals surface area contributed by atoms with Gasteiger partial charge in [-0.1, -0.05) is 64.7 Å². The van der Waals surface area contributed by atoms with Gasteiger partial charge in [0, 0.05) is 0 Å². The summed E-state index contributed by atoms with van der Waals surface area (Å²) in [5, 5.41) is 18.0. The largest absolute Gasteiger partial charge is 0.394 e. The fraction of sp³-hybridized carbons (Fsp3) is 1.00. The topological polar surface area (TPSA) is 66.5 Å². The molecular formula is C14H31NO2. The Balaban J connectivity index is 3.23. The number of aliphatic hydroxyl groups excluding tert-OH is 2. The van der Waals surface area contributed by atoms with Gasteiger partial charge in [0.2, 0.25) is 0 Å². The molecule has 0 aliphatic carbocycles. The van der Waals surface area contributed by atoms with Gasteiger partial charge in [-0.05, 0) is 6.42 Å². The molecule has 3 heteroatoms. The van der Waals surface area contributed by atoms with Crippen molar-refractivity contribution in [2.45, 2.75) is 76.7 Å². The highest BCUT2D eigenvalue weighted by molar-refractivity contribution is 4.81. The highest BCUT2D eigenvalue weighted by atomic mass is 16.3. The average molecular weight is 245 g/mol. The summed E-state index contributed by atoms with van der Waals surface area (Å²) in [7, 11) is 0. The van der Waals surface area contributed by atoms with Crippen LogP contribution in [0.2, 0.25) is 0 Å². The van der Waals surface area contributed by atoms with Gasteiger partial charge >= 0.3 is 0 Å². The Morgan fingerprint density at radius 1 is 0.765 bits per heavy atom. The van der Waals surface area contributed by atoms with Gasteiger partial charge in [0.15, 0.2) is 0 Å². The molecule has 0 spiro atoms. The van der Waals surface area contributed by atoms with Crippen LogP contribution in [0.1, 0.15) is 71.1 Å². The van der Waals surface area contributed by atoms with Crippen LogP contribution in [0.5, 0.6) is 0 Å². The molecule has 0 aromatic rings. The number of aliphatic hydroxyl groups is 2. The molecule has 0 saturated carbocycles. The maximum Gasteiger partial charge on any atom is 0.0633 e. The van der Waals surface area contributed by atoms with Crippen molar-refractivity contribution in [2.24, 2.45) is 5.73 Å². The van der Waals surface area contributed by atoms with Crippen molar-refractivity contribution in [1.82, 2.24) is 0 Å². The first-order valence-electron chi connectivity index (χ1n) is 7.19. The van der Waals surface area contributed by atoms with Crippen molar-refractivity contribution in [1.29, 1.82) is 0 Å². The lowest BCUT2D eigenvalue weighted by Crippen LogP contribution is -2.47. The van der Waals surface area contributed by atoms with Crippen LogP contribution >= 0.6 is 0 Å². The zero-order chi connectivity index (χ0) is 13.0. The van der Waals surface area contributed by atoms with Crippen LogP contribution in [0.25, 0.3) is 0 Å². The van der Waals surface area contributed by atoms with Gasteiger partial charge in [0.05, 0.1) is 18.8 Å². The summed E-state index contributed by atoms with van der Waals surface area (Å²) < 4.78 is 0. The van der Waals surface area contributed by atoms with E-state index in [0.29, 0.717) is 0 Å². The first kappa shape index (κ1) is 16.9. The maximum absolute atomic E-state index is 9.02. The van der Waals surface area contributed by atoms with Crippen molar-refractivity contribution >= 4 is 0 Å². The molecular weight excluding hydrogens is 214 g/mol. The smallest absolute Gasteiger partial charge is 0.0633 e. The molecule has 0 radical (unpaired) electrons. The molecule has 0 unspecified atom stereocenters. The van der Waals surface area contributed by atoms with Crippen LogP contribution < -0.4 is 5.73 Å². The second-order valence-corrected chi connectivity index (χ2v) is 5.26. The predicted octanol–water partition coefficient (Wildman–Crippen LogP) is 2.59. The Morgan fingerprint density at radius 2 is 1.18 bits per heavy atom. The Bertz CT molecular complexity index is 158. The summed E-state index contributed by atoms with van der Waals surface area (Å²) >= 11 is 0. The number of unbranched alkanes of at least 4 members (excludes halogenated alkanes) is 8. The van der Waals surface area contributed by atoms with Crippen molar-refractivity contribution in [3.05, 3.63) is 0 Å². The van der Waals surface area contributed by atoms with Gasteiger partial charge in [-0.25, -0.2) is 0 Å². The molecule has 0 bridgehead atoms. The molecule has 0 aliphatic heterocycles. The van der Waals surface area contributed by atoms with Crippen LogP contribution in [0.3, 0.4) is 0 Å². The minimum atomic E-state index is -0.763. The molecule has 0 aliphatic rings. The molecule has 104 valence electrons. The van der Waals surface area contributed by atoms with Gasteiger partial charge in [-0.15, -0.1) is 0 Å². The third-order valence-corrected chi connectivity index (χ3v) is 3.41. The third kappa shape index (κ3) is 9.57. The summed E-state index contributed by atoms with van der Waals surface area (Å²) in [6.45, 7) is 1.99. The third-order valence-electron chi connectivity index (χ3n) is 3.41. The van der Waals surface area contributed by atoms with Gasteiger partial charge in [-0.2, -0.15) is 0 Å². The number of hydrogen-bond acceptors (Lipinski definition) is 3. The lowest BCUT2D eigenvalue weighted by molar-refractivity contribution is 0.112. The fourth-order valence-corrected chi connectivity index (χ4v) is 2.00. The molecule has 17 heavy (non-hydrogen) atoms. The van der Waals surface area contributed by atoms with E-state index in [4.69, 9.17) is 15.9 Å². The van der Waals surface area contributed by atoms with Crippen LogP contribution in [0.4, 0.5) is 0 Å². The molecule has 0 saturated heterocycles. The summed E-state index contributed by atoms with van der Waals surface area (Å²) in [6.07, 6.45) is 12.2. The molecule has 0 aromatic carbocycles. The Labute approximate surface area is 106 Å². The molecule has 0 heterocycles. The second kappa shape index (κ2) is 11.0. The van der Waals surface area contributed by atoms with E-state index in [9.17, 15) is 0 Å². The number of hydrogen-bond donors (Lipinski definition) is 3. The first-order chi connectivity index (χ1) is 8.18. The van der Waals surface area contributed by atoms with E-state index in [-0.39, 0.29) is 13.2 Å². The van der Waals surface area contributed by atoms with Gasteiger partial charge in [0.25, 0.3) is 0 Å². The SMILES string of the molecule is CCCCCCCCCCCC(N)(CO)CO. The monoisotopic (exact) mass is 245 g/mol. The number of nitrogens with two attached hydrogens (primary N) is 1. The summed E-state index contributed by atoms with van der Waals surface area (Å²) in [5.74, 6) is 0. The summed E-state index contributed by atoms with van der Waals surface area (Å²) in [5.41, 5.74) is 5.03. The highest BCUT2D eigenvalue weighted by Crippen LogP contribution is 2.14. The average Bonchev–Trinajstić information content (AvgIpc) is 2.36. The standard InChI is InChI=1S/C14H31NO2/c1-2-3-4-5-6-7-8-9-10-11-14(15,12-16)13-17/h16-17H,2-13,15H2,1H3. The second-order valence-electron chi connectivity index (χ2n) is 5.26. The van der Waals surface area contributed by atoms with E-state index in [1.54, 1.807) is 0 Å².